The molecule has 1 aromatic carbocycles. The van der Waals surface area contributed by atoms with Crippen LogP contribution in [0.15, 0.2) is 33.5 Å². The van der Waals surface area contributed by atoms with Crippen molar-refractivity contribution in [1.29, 1.82) is 0 Å². The van der Waals surface area contributed by atoms with Crippen LogP contribution in [0.25, 0.3) is 10.4 Å². The maximum absolute atomic E-state index is 12.6. The smallest absolute Gasteiger partial charge is 0.329 e. The third-order valence-corrected chi connectivity index (χ3v) is 5.88. The van der Waals surface area contributed by atoms with Gasteiger partial charge in [-0.1, -0.05) is 17.7 Å². The van der Waals surface area contributed by atoms with Gasteiger partial charge in [-0.05, 0) is 38.8 Å². The Morgan fingerprint density at radius 3 is 2.26 bits per heavy atom. The number of rotatable bonds is 3. The minimum absolute atomic E-state index is 0.110. The maximum atomic E-state index is 12.6. The molecule has 0 aliphatic heterocycles. The predicted octanol–water partition coefficient (Wildman–Crippen LogP) is 3.93. The summed E-state index contributed by atoms with van der Waals surface area (Å²) in [4.78, 5) is 18.6. The van der Waals surface area contributed by atoms with Crippen LogP contribution in [0, 0.1) is 27.7 Å². The van der Waals surface area contributed by atoms with E-state index in [1.165, 1.54) is 5.56 Å². The summed E-state index contributed by atoms with van der Waals surface area (Å²) in [6.07, 6.45) is 1.86. The largest absolute Gasteiger partial charge is 0.496 e. The van der Waals surface area contributed by atoms with Gasteiger partial charge in [0.15, 0.2) is 0 Å². The average Bonchev–Trinajstić information content (AvgIpc) is 2.97. The second kappa shape index (κ2) is 7.19. The molecule has 2 heterocycles. The molecule has 0 atom stereocenters. The highest BCUT2D eigenvalue weighted by Crippen LogP contribution is 2.35. The summed E-state index contributed by atoms with van der Waals surface area (Å²) in [5.74, 6) is 0.847. The first-order valence-electron chi connectivity index (χ1n) is 8.76. The second-order valence-corrected chi connectivity index (χ2v) is 7.82. The van der Waals surface area contributed by atoms with E-state index in [0.29, 0.717) is 5.49 Å². The molecule has 5 nitrogen and oxygen atoms in total. The van der Waals surface area contributed by atoms with Crippen molar-refractivity contribution in [2.24, 2.45) is 19.1 Å². The molecule has 2 aromatic heterocycles. The zero-order valence-electron chi connectivity index (χ0n) is 16.9. The molecule has 0 amide bonds. The van der Waals surface area contributed by atoms with Gasteiger partial charge < -0.3 is 9.30 Å². The van der Waals surface area contributed by atoms with Crippen molar-refractivity contribution in [3.63, 3.8) is 0 Å². The number of ether oxygens (including phenoxy) is 1. The normalized spacial score (nSPS) is 11.9. The minimum Gasteiger partial charge on any atom is -0.496 e. The maximum Gasteiger partial charge on any atom is 0.329 e. The Kier molecular flexibility index (Phi) is 5.11. The summed E-state index contributed by atoms with van der Waals surface area (Å²) in [6.45, 7) is 8.22. The van der Waals surface area contributed by atoms with Crippen molar-refractivity contribution in [1.82, 2.24) is 9.13 Å². The van der Waals surface area contributed by atoms with Gasteiger partial charge in [0, 0.05) is 36.1 Å². The first kappa shape index (κ1) is 19.2. The van der Waals surface area contributed by atoms with Gasteiger partial charge in [-0.3, -0.25) is 4.57 Å². The monoisotopic (exact) mass is 383 g/mol. The van der Waals surface area contributed by atoms with E-state index < -0.39 is 0 Å². The molecule has 27 heavy (non-hydrogen) atoms. The lowest BCUT2D eigenvalue weighted by Crippen LogP contribution is -2.38. The van der Waals surface area contributed by atoms with Gasteiger partial charge in [-0.15, -0.1) is 11.3 Å². The first-order valence-corrected chi connectivity index (χ1v) is 9.64. The van der Waals surface area contributed by atoms with Crippen molar-refractivity contribution in [2.75, 3.05) is 7.11 Å². The van der Waals surface area contributed by atoms with Crippen LogP contribution in [-0.4, -0.2) is 16.2 Å². The molecule has 0 radical (unpaired) electrons. The SMILES string of the molecule is COc1csc(-c2cn(C)c(=O)n(C)c2=Nc2c(C)cc(C)cc2C)c1C. The van der Waals surface area contributed by atoms with Crippen LogP contribution in [0.1, 0.15) is 22.3 Å². The van der Waals surface area contributed by atoms with Crippen LogP contribution >= 0.6 is 11.3 Å². The molecule has 0 saturated carbocycles. The van der Waals surface area contributed by atoms with Crippen LogP contribution in [0.2, 0.25) is 0 Å². The summed E-state index contributed by atoms with van der Waals surface area (Å²) in [5.41, 5.74) is 6.82. The van der Waals surface area contributed by atoms with Gasteiger partial charge in [0.25, 0.3) is 0 Å². The fraction of sp³-hybridized carbons (Fsp3) is 0.333. The number of aromatic nitrogens is 2. The first-order chi connectivity index (χ1) is 12.7. The van der Waals surface area contributed by atoms with Gasteiger partial charge in [0.1, 0.15) is 11.2 Å². The fourth-order valence-electron chi connectivity index (χ4n) is 3.43. The lowest BCUT2D eigenvalue weighted by atomic mass is 10.1. The van der Waals surface area contributed by atoms with Crippen molar-refractivity contribution in [2.45, 2.75) is 27.7 Å². The highest BCUT2D eigenvalue weighted by Gasteiger charge is 2.15. The van der Waals surface area contributed by atoms with E-state index in [2.05, 4.69) is 32.9 Å². The number of hydrogen-bond donors (Lipinski definition) is 0. The zero-order valence-corrected chi connectivity index (χ0v) is 17.7. The predicted molar refractivity (Wildman–Crippen MR) is 111 cm³/mol. The fourth-order valence-corrected chi connectivity index (χ4v) is 4.48. The van der Waals surface area contributed by atoms with Crippen molar-refractivity contribution in [3.05, 3.63) is 61.9 Å². The molecule has 3 aromatic rings. The molecule has 0 spiro atoms. The van der Waals surface area contributed by atoms with Crippen LogP contribution in [0.4, 0.5) is 5.69 Å². The van der Waals surface area contributed by atoms with Gasteiger partial charge in [-0.2, -0.15) is 0 Å². The van der Waals surface area contributed by atoms with E-state index in [1.807, 2.05) is 18.5 Å². The topological polar surface area (TPSA) is 48.5 Å². The van der Waals surface area contributed by atoms with Crippen LogP contribution in [0.3, 0.4) is 0 Å². The molecular formula is C21H25N3O2S. The van der Waals surface area contributed by atoms with E-state index in [4.69, 9.17) is 9.73 Å². The van der Waals surface area contributed by atoms with Crippen molar-refractivity contribution >= 4 is 17.0 Å². The second-order valence-electron chi connectivity index (χ2n) is 6.94. The van der Waals surface area contributed by atoms with Crippen LogP contribution in [-0.2, 0) is 14.1 Å². The van der Waals surface area contributed by atoms with Crippen molar-refractivity contribution in [3.8, 4) is 16.2 Å². The number of nitrogens with zero attached hydrogens (tertiary/aromatic N) is 3. The average molecular weight is 384 g/mol. The lowest BCUT2D eigenvalue weighted by molar-refractivity contribution is 0.414. The van der Waals surface area contributed by atoms with Crippen LogP contribution < -0.4 is 15.9 Å². The Morgan fingerprint density at radius 1 is 1.07 bits per heavy atom. The molecular weight excluding hydrogens is 358 g/mol. The van der Waals surface area contributed by atoms with Crippen LogP contribution in [0.5, 0.6) is 5.75 Å². The summed E-state index contributed by atoms with van der Waals surface area (Å²) < 4.78 is 8.65. The quantitative estimate of drug-likeness (QED) is 0.688. The standard InChI is InChI=1S/C21H25N3O2S/c1-12-8-13(2)18(14(3)9-12)22-20-16(10-23(5)21(25)24(20)6)19-15(4)17(26-7)11-27-19/h8-11H,1-7H3. The number of methoxy groups -OCH3 is 1. The van der Waals surface area contributed by atoms with E-state index in [-0.39, 0.29) is 5.69 Å². The van der Waals surface area contributed by atoms with Crippen molar-refractivity contribution < 1.29 is 4.74 Å². The number of aryl methyl sites for hydroxylation is 4. The Labute approximate surface area is 163 Å². The number of hydrogen-bond acceptors (Lipinski definition) is 4. The van der Waals surface area contributed by atoms with Gasteiger partial charge in [0.05, 0.1) is 18.4 Å². The summed E-state index contributed by atoms with van der Waals surface area (Å²) in [5, 5.41) is 1.99. The van der Waals surface area contributed by atoms with E-state index >= 15 is 0 Å². The Balaban J connectivity index is 2.41. The van der Waals surface area contributed by atoms with Gasteiger partial charge in [-0.25, -0.2) is 9.79 Å². The Morgan fingerprint density at radius 2 is 1.70 bits per heavy atom. The molecule has 3 rings (SSSR count). The van der Waals surface area contributed by atoms with E-state index in [1.54, 1.807) is 41.7 Å². The summed E-state index contributed by atoms with van der Waals surface area (Å²) in [6, 6.07) is 4.23. The van der Waals surface area contributed by atoms with Gasteiger partial charge >= 0.3 is 5.69 Å². The lowest BCUT2D eigenvalue weighted by Gasteiger charge is -2.12. The highest BCUT2D eigenvalue weighted by molar-refractivity contribution is 7.14. The minimum atomic E-state index is -0.110. The molecule has 0 aliphatic rings. The van der Waals surface area contributed by atoms with E-state index in [9.17, 15) is 4.79 Å². The molecule has 0 unspecified atom stereocenters. The Hall–Kier alpha value is -2.60. The van der Waals surface area contributed by atoms with Gasteiger partial charge in [0.2, 0.25) is 0 Å². The van der Waals surface area contributed by atoms with E-state index in [0.717, 1.165) is 38.6 Å². The third-order valence-electron chi connectivity index (χ3n) is 4.78. The zero-order chi connectivity index (χ0) is 19.9. The summed E-state index contributed by atoms with van der Waals surface area (Å²) >= 11 is 1.60. The molecule has 0 N–H and O–H groups in total. The summed E-state index contributed by atoms with van der Waals surface area (Å²) in [7, 11) is 5.20. The molecule has 142 valence electrons. The molecule has 0 fully saturated rings. The highest BCUT2D eigenvalue weighted by atomic mass is 32.1. The molecule has 0 saturated heterocycles. The number of benzene rings is 1. The molecule has 6 heteroatoms. The molecule has 0 aliphatic carbocycles. The number of thiophene rings is 1. The third kappa shape index (κ3) is 3.37. The molecule has 0 bridgehead atoms. The Bertz CT molecular complexity index is 1130.